The molecule has 0 heterocycles. The molecule has 0 aromatic heterocycles. The van der Waals surface area contributed by atoms with Crippen molar-refractivity contribution in [2.24, 2.45) is 5.73 Å². The normalized spacial score (nSPS) is 29.4. The zero-order chi connectivity index (χ0) is 12.6. The van der Waals surface area contributed by atoms with E-state index in [-0.39, 0.29) is 18.9 Å². The van der Waals surface area contributed by atoms with Crippen LogP contribution in [-0.2, 0) is 5.67 Å². The van der Waals surface area contributed by atoms with E-state index >= 15 is 0 Å². The van der Waals surface area contributed by atoms with Crippen molar-refractivity contribution in [1.82, 2.24) is 0 Å². The third-order valence-corrected chi connectivity index (χ3v) is 3.25. The SMILES string of the molecule is NC1CCCC(F)(c2ccc(F)c(F)c2F)C1. The fourth-order valence-electron chi connectivity index (χ4n) is 2.38. The molecule has 0 saturated heterocycles. The van der Waals surface area contributed by atoms with E-state index in [1.807, 2.05) is 0 Å². The first kappa shape index (κ1) is 12.4. The van der Waals surface area contributed by atoms with Gasteiger partial charge < -0.3 is 5.73 Å². The van der Waals surface area contributed by atoms with Gasteiger partial charge in [0.25, 0.3) is 0 Å². The van der Waals surface area contributed by atoms with Crippen LogP contribution in [0.25, 0.3) is 0 Å². The molecular formula is C12H13F4N. The third-order valence-electron chi connectivity index (χ3n) is 3.25. The van der Waals surface area contributed by atoms with Gasteiger partial charge in [-0.3, -0.25) is 0 Å². The predicted octanol–water partition coefficient (Wildman–Crippen LogP) is 3.17. The van der Waals surface area contributed by atoms with Crippen LogP contribution < -0.4 is 5.73 Å². The van der Waals surface area contributed by atoms with Crippen molar-refractivity contribution in [3.05, 3.63) is 35.1 Å². The van der Waals surface area contributed by atoms with E-state index in [4.69, 9.17) is 5.73 Å². The smallest absolute Gasteiger partial charge is 0.194 e. The maximum atomic E-state index is 14.5. The molecule has 1 fully saturated rings. The largest absolute Gasteiger partial charge is 0.328 e. The van der Waals surface area contributed by atoms with Gasteiger partial charge in [-0.25, -0.2) is 17.6 Å². The van der Waals surface area contributed by atoms with Crippen molar-refractivity contribution in [1.29, 1.82) is 0 Å². The maximum absolute atomic E-state index is 14.5. The molecule has 5 heteroatoms. The minimum Gasteiger partial charge on any atom is -0.328 e. The third kappa shape index (κ3) is 2.16. The molecule has 94 valence electrons. The average molecular weight is 247 g/mol. The average Bonchev–Trinajstić information content (AvgIpc) is 2.25. The van der Waals surface area contributed by atoms with E-state index in [0.29, 0.717) is 12.8 Å². The number of halogens is 4. The summed E-state index contributed by atoms with van der Waals surface area (Å²) in [4.78, 5) is 0. The van der Waals surface area contributed by atoms with Crippen LogP contribution in [0.1, 0.15) is 31.2 Å². The molecule has 0 bridgehead atoms. The van der Waals surface area contributed by atoms with Crippen molar-refractivity contribution in [2.45, 2.75) is 37.4 Å². The van der Waals surface area contributed by atoms with E-state index in [1.165, 1.54) is 0 Å². The fraction of sp³-hybridized carbons (Fsp3) is 0.500. The molecule has 0 spiro atoms. The van der Waals surface area contributed by atoms with Crippen LogP contribution in [0.4, 0.5) is 17.6 Å². The van der Waals surface area contributed by atoms with Crippen LogP contribution in [0, 0.1) is 17.5 Å². The molecule has 0 amide bonds. The fourth-order valence-corrected chi connectivity index (χ4v) is 2.38. The molecule has 0 radical (unpaired) electrons. The van der Waals surface area contributed by atoms with Gasteiger partial charge >= 0.3 is 0 Å². The van der Waals surface area contributed by atoms with Gasteiger partial charge in [0.1, 0.15) is 5.67 Å². The molecule has 0 aliphatic heterocycles. The summed E-state index contributed by atoms with van der Waals surface area (Å²) in [6.45, 7) is 0. The van der Waals surface area contributed by atoms with Gasteiger partial charge in [-0.2, -0.15) is 0 Å². The second kappa shape index (κ2) is 4.29. The molecule has 1 aromatic rings. The molecule has 1 aliphatic rings. The summed E-state index contributed by atoms with van der Waals surface area (Å²) in [5, 5.41) is 0. The number of alkyl halides is 1. The molecular weight excluding hydrogens is 234 g/mol. The highest BCUT2D eigenvalue weighted by molar-refractivity contribution is 5.27. The van der Waals surface area contributed by atoms with Gasteiger partial charge in [-0.1, -0.05) is 0 Å². The van der Waals surface area contributed by atoms with Crippen LogP contribution >= 0.6 is 0 Å². The first-order valence-corrected chi connectivity index (χ1v) is 5.52. The Balaban J connectivity index is 2.42. The Hall–Kier alpha value is -1.10. The Labute approximate surface area is 96.6 Å². The highest BCUT2D eigenvalue weighted by Crippen LogP contribution is 2.41. The van der Waals surface area contributed by atoms with Crippen LogP contribution in [0.15, 0.2) is 12.1 Å². The molecule has 1 saturated carbocycles. The van der Waals surface area contributed by atoms with Crippen molar-refractivity contribution >= 4 is 0 Å². The van der Waals surface area contributed by atoms with E-state index < -0.39 is 28.7 Å². The van der Waals surface area contributed by atoms with E-state index in [0.717, 1.165) is 12.1 Å². The minimum atomic E-state index is -1.99. The minimum absolute atomic E-state index is 0.0605. The van der Waals surface area contributed by atoms with Crippen molar-refractivity contribution in [3.63, 3.8) is 0 Å². The summed E-state index contributed by atoms with van der Waals surface area (Å²) in [6, 6.07) is 1.34. The van der Waals surface area contributed by atoms with Gasteiger partial charge in [0.05, 0.1) is 0 Å². The highest BCUT2D eigenvalue weighted by atomic mass is 19.2. The van der Waals surface area contributed by atoms with Crippen LogP contribution in [0.3, 0.4) is 0 Å². The predicted molar refractivity (Wildman–Crippen MR) is 55.5 cm³/mol. The lowest BCUT2D eigenvalue weighted by Gasteiger charge is -2.33. The Bertz CT molecular complexity index is 435. The van der Waals surface area contributed by atoms with E-state index in [2.05, 4.69) is 0 Å². The Morgan fingerprint density at radius 3 is 2.53 bits per heavy atom. The van der Waals surface area contributed by atoms with E-state index in [9.17, 15) is 17.6 Å². The summed E-state index contributed by atoms with van der Waals surface area (Å²) in [5.74, 6) is -4.38. The number of hydrogen-bond acceptors (Lipinski definition) is 1. The van der Waals surface area contributed by atoms with Gasteiger partial charge in [0.2, 0.25) is 0 Å². The quantitative estimate of drug-likeness (QED) is 0.598. The maximum Gasteiger partial charge on any atom is 0.194 e. The monoisotopic (exact) mass is 247 g/mol. The number of benzene rings is 1. The summed E-state index contributed by atoms with van der Waals surface area (Å²) in [7, 11) is 0. The van der Waals surface area contributed by atoms with Crippen LogP contribution in [-0.4, -0.2) is 6.04 Å². The Morgan fingerprint density at radius 2 is 1.88 bits per heavy atom. The molecule has 2 rings (SSSR count). The van der Waals surface area contributed by atoms with Crippen LogP contribution in [0.2, 0.25) is 0 Å². The van der Waals surface area contributed by atoms with Gasteiger partial charge in [0, 0.05) is 18.0 Å². The summed E-state index contributed by atoms with van der Waals surface area (Å²) < 4.78 is 53.9. The Morgan fingerprint density at radius 1 is 1.18 bits per heavy atom. The summed E-state index contributed by atoms with van der Waals surface area (Å²) >= 11 is 0. The summed E-state index contributed by atoms with van der Waals surface area (Å²) in [5.41, 5.74) is 3.22. The first-order chi connectivity index (χ1) is 7.94. The van der Waals surface area contributed by atoms with E-state index in [1.54, 1.807) is 0 Å². The lowest BCUT2D eigenvalue weighted by atomic mass is 9.79. The molecule has 1 nitrogen and oxygen atoms in total. The highest BCUT2D eigenvalue weighted by Gasteiger charge is 2.40. The Kier molecular flexibility index (Phi) is 3.12. The summed E-state index contributed by atoms with van der Waals surface area (Å²) in [6.07, 6.45) is 1.20. The van der Waals surface area contributed by atoms with Gasteiger partial charge in [0.15, 0.2) is 17.5 Å². The molecule has 17 heavy (non-hydrogen) atoms. The van der Waals surface area contributed by atoms with Crippen molar-refractivity contribution in [3.8, 4) is 0 Å². The number of nitrogens with two attached hydrogens (primary N) is 1. The molecule has 2 N–H and O–H groups in total. The molecule has 2 atom stereocenters. The molecule has 2 unspecified atom stereocenters. The lowest BCUT2D eigenvalue weighted by molar-refractivity contribution is 0.0892. The second-order valence-electron chi connectivity index (χ2n) is 4.54. The van der Waals surface area contributed by atoms with Gasteiger partial charge in [-0.15, -0.1) is 0 Å². The molecule has 1 aromatic carbocycles. The standard InChI is InChI=1S/C12H13F4N/c13-9-4-3-8(10(14)11(9)15)12(16)5-1-2-7(17)6-12/h3-4,7H,1-2,5-6,17H2. The zero-order valence-corrected chi connectivity index (χ0v) is 9.15. The zero-order valence-electron chi connectivity index (χ0n) is 9.15. The number of rotatable bonds is 1. The lowest BCUT2D eigenvalue weighted by Crippen LogP contribution is -2.37. The first-order valence-electron chi connectivity index (χ1n) is 5.52. The van der Waals surface area contributed by atoms with Crippen molar-refractivity contribution < 1.29 is 17.6 Å². The second-order valence-corrected chi connectivity index (χ2v) is 4.54. The number of hydrogen-bond donors (Lipinski definition) is 1. The van der Waals surface area contributed by atoms with Crippen LogP contribution in [0.5, 0.6) is 0 Å². The van der Waals surface area contributed by atoms with Crippen molar-refractivity contribution in [2.75, 3.05) is 0 Å². The molecule has 1 aliphatic carbocycles. The topological polar surface area (TPSA) is 26.0 Å². The van der Waals surface area contributed by atoms with Gasteiger partial charge in [-0.05, 0) is 31.4 Å².